The van der Waals surface area contributed by atoms with Crippen LogP contribution in [0.4, 0.5) is 51.2 Å². The molecule has 0 aromatic heterocycles. The number of para-hydroxylation sites is 2. The predicted octanol–water partition coefficient (Wildman–Crippen LogP) is 21.2. The summed E-state index contributed by atoms with van der Waals surface area (Å²) in [7, 11) is 0. The normalized spacial score (nSPS) is 12.2. The second-order valence-electron chi connectivity index (χ2n) is 22.9. The van der Waals surface area contributed by atoms with Crippen LogP contribution in [-0.4, -0.2) is 0 Å². The summed E-state index contributed by atoms with van der Waals surface area (Å²) in [6.07, 6.45) is 0. The van der Waals surface area contributed by atoms with Crippen LogP contribution in [0.1, 0.15) is 79.0 Å². The van der Waals surface area contributed by atoms with Gasteiger partial charge in [-0.1, -0.05) is 195 Å². The van der Waals surface area contributed by atoms with Crippen molar-refractivity contribution in [2.24, 2.45) is 0 Å². The molecule has 11 aromatic carbocycles. The first-order valence-electron chi connectivity index (χ1n) is 25.9. The lowest BCUT2D eigenvalue weighted by Crippen LogP contribution is -2.17. The lowest BCUT2D eigenvalue weighted by atomic mass is 9.84. The first kappa shape index (κ1) is 48.4. The molecule has 0 aliphatic carbocycles. The van der Waals surface area contributed by atoms with E-state index in [0.717, 1.165) is 62.3 Å². The number of hydrogen-bond acceptors (Lipinski definition) is 3. The van der Waals surface area contributed by atoms with Crippen LogP contribution in [0.25, 0.3) is 43.4 Å². The Morgan fingerprint density at radius 3 is 1.19 bits per heavy atom. The van der Waals surface area contributed by atoms with Crippen LogP contribution < -0.4 is 14.7 Å². The molecule has 0 amide bonds. The molecule has 0 atom stereocenters. The van der Waals surface area contributed by atoms with Gasteiger partial charge in [-0.25, -0.2) is 0 Å². The maximum Gasteiger partial charge on any atom is 0.0887 e. The molecule has 0 saturated heterocycles. The zero-order chi connectivity index (χ0) is 51.5. The molecule has 0 heterocycles. The molecule has 0 N–H and O–H groups in total. The number of halogens is 1. The summed E-state index contributed by atoms with van der Waals surface area (Å²) in [5.41, 5.74) is 14.9. The van der Waals surface area contributed by atoms with E-state index in [0.29, 0.717) is 5.02 Å². The average molecular weight is 983 g/mol. The van der Waals surface area contributed by atoms with Gasteiger partial charge >= 0.3 is 0 Å². The summed E-state index contributed by atoms with van der Waals surface area (Å²) in [4.78, 5) is 7.01. The van der Waals surface area contributed by atoms with Gasteiger partial charge in [-0.3, -0.25) is 0 Å². The molecule has 0 spiro atoms. The van der Waals surface area contributed by atoms with Crippen molar-refractivity contribution in [1.82, 2.24) is 0 Å². The largest absolute Gasteiger partial charge is 0.310 e. The fraction of sp³-hybridized carbons (Fsp3) is 0.171. The van der Waals surface area contributed by atoms with E-state index in [1.165, 1.54) is 49.0 Å². The van der Waals surface area contributed by atoms with E-state index >= 15 is 0 Å². The highest BCUT2D eigenvalue weighted by atomic mass is 35.5. The highest BCUT2D eigenvalue weighted by molar-refractivity contribution is 6.37. The van der Waals surface area contributed by atoms with Gasteiger partial charge in [0.05, 0.1) is 22.1 Å². The van der Waals surface area contributed by atoms with E-state index < -0.39 is 0 Å². The van der Waals surface area contributed by atoms with E-state index in [2.05, 4.69) is 301 Å². The van der Waals surface area contributed by atoms with Gasteiger partial charge in [0, 0.05) is 39.7 Å². The van der Waals surface area contributed by atoms with Crippen molar-refractivity contribution in [3.05, 3.63) is 246 Å². The van der Waals surface area contributed by atoms with Crippen LogP contribution in [0.3, 0.4) is 0 Å². The van der Waals surface area contributed by atoms with Gasteiger partial charge in [-0.15, -0.1) is 0 Å². The Morgan fingerprint density at radius 2 is 0.676 bits per heavy atom. The summed E-state index contributed by atoms with van der Waals surface area (Å²) in [6.45, 7) is 20.5. The molecule has 0 aliphatic rings. The van der Waals surface area contributed by atoms with Gasteiger partial charge < -0.3 is 14.7 Å². The second kappa shape index (κ2) is 18.9. The zero-order valence-electron chi connectivity index (χ0n) is 44.1. The maximum atomic E-state index is 8.19. The van der Waals surface area contributed by atoms with Crippen molar-refractivity contribution in [1.29, 1.82) is 0 Å². The Bertz CT molecular complexity index is 3680. The fourth-order valence-corrected chi connectivity index (χ4v) is 10.9. The van der Waals surface area contributed by atoms with Gasteiger partial charge in [0.1, 0.15) is 0 Å². The summed E-state index contributed by atoms with van der Waals surface area (Å²) < 4.78 is 0. The third kappa shape index (κ3) is 9.16. The molecule has 11 aromatic rings. The smallest absolute Gasteiger partial charge is 0.0887 e. The first-order chi connectivity index (χ1) is 35.5. The lowest BCUT2D eigenvalue weighted by Gasteiger charge is -2.33. The molecule has 4 heteroatoms. The minimum atomic E-state index is -0.103. The number of hydrogen-bond donors (Lipinski definition) is 0. The van der Waals surface area contributed by atoms with E-state index in [9.17, 15) is 0 Å². The Balaban J connectivity index is 1.14. The van der Waals surface area contributed by atoms with Crippen LogP contribution in [-0.2, 0) is 16.2 Å². The predicted molar refractivity (Wildman–Crippen MR) is 321 cm³/mol. The Labute approximate surface area is 443 Å². The van der Waals surface area contributed by atoms with Crippen molar-refractivity contribution >= 4 is 95.1 Å². The van der Waals surface area contributed by atoms with Crippen LogP contribution >= 0.6 is 11.6 Å². The molecule has 3 nitrogen and oxygen atoms in total. The molecule has 0 saturated carbocycles. The highest BCUT2D eigenvalue weighted by Gasteiger charge is 2.28. The zero-order valence-corrected chi connectivity index (χ0v) is 44.8. The quantitative estimate of drug-likeness (QED) is 0.126. The number of nitrogens with zero attached hydrogens (tertiary/aromatic N) is 3. The van der Waals surface area contributed by atoms with Gasteiger partial charge in [-0.2, -0.15) is 0 Å². The standard InChI is InChI=1S/C70H64ClN3/c1-68(2,3)52-33-38-57(39-34-52)73(60-26-17-25-59(46-60)72(55-21-12-10-13-22-55)56-23-14-11-15-24-56)63-27-18-28-64(67(63)71)74(58-40-35-53(36-41-58)69(4,5)6)62-42-37-54(70(7,8)9)45-61(62)51-43-49-31-29-47-19-16-20-48-30-32-50(44-51)66(49)65(47)48/h10-46H,1-9H3. The summed E-state index contributed by atoms with van der Waals surface area (Å²) in [5.74, 6) is 0. The van der Waals surface area contributed by atoms with Crippen molar-refractivity contribution < 1.29 is 0 Å². The van der Waals surface area contributed by atoms with Crippen LogP contribution in [0, 0.1) is 0 Å². The molecule has 74 heavy (non-hydrogen) atoms. The first-order valence-corrected chi connectivity index (χ1v) is 26.3. The SMILES string of the molecule is CC(C)(C)c1ccc(N(c2cccc(N(c3ccccc3)c3ccccc3)c2)c2cccc(N(c3ccc(C(C)(C)C)cc3)c3ccc(C(C)(C)C)cc3-c3cc4ccc5cccc6ccc(c3)c4c56)c2Cl)cc1. The Hall–Kier alpha value is -7.85. The van der Waals surface area contributed by atoms with Crippen molar-refractivity contribution in [2.45, 2.75) is 78.6 Å². The Kier molecular flexibility index (Phi) is 12.4. The summed E-state index contributed by atoms with van der Waals surface area (Å²) in [5, 5.41) is 8.23. The average Bonchev–Trinajstić information content (AvgIpc) is 3.41. The minimum absolute atomic E-state index is 0.0220. The summed E-state index contributed by atoms with van der Waals surface area (Å²) in [6, 6.07) is 82.1. The van der Waals surface area contributed by atoms with Gasteiger partial charge in [-0.05, 0) is 174 Å². The number of anilines is 9. The van der Waals surface area contributed by atoms with Gasteiger partial charge in [0.25, 0.3) is 0 Å². The maximum absolute atomic E-state index is 8.19. The molecule has 0 fully saturated rings. The van der Waals surface area contributed by atoms with Crippen LogP contribution in [0.15, 0.2) is 224 Å². The molecule has 0 radical (unpaired) electrons. The highest BCUT2D eigenvalue weighted by Crippen LogP contribution is 2.51. The molecule has 366 valence electrons. The molecule has 0 aliphatic heterocycles. The molecular weight excluding hydrogens is 918 g/mol. The van der Waals surface area contributed by atoms with E-state index in [4.69, 9.17) is 11.6 Å². The van der Waals surface area contributed by atoms with Crippen molar-refractivity contribution in [2.75, 3.05) is 14.7 Å². The number of benzene rings is 11. The number of rotatable bonds is 10. The third-order valence-electron chi connectivity index (χ3n) is 14.7. The van der Waals surface area contributed by atoms with E-state index in [1.807, 2.05) is 0 Å². The third-order valence-corrected chi connectivity index (χ3v) is 15.1. The molecule has 0 unspecified atom stereocenters. The fourth-order valence-electron chi connectivity index (χ4n) is 10.6. The lowest BCUT2D eigenvalue weighted by molar-refractivity contribution is 0.590. The molecule has 11 rings (SSSR count). The monoisotopic (exact) mass is 981 g/mol. The van der Waals surface area contributed by atoms with Crippen molar-refractivity contribution in [3.8, 4) is 11.1 Å². The minimum Gasteiger partial charge on any atom is -0.310 e. The van der Waals surface area contributed by atoms with Crippen LogP contribution in [0.2, 0.25) is 5.02 Å². The van der Waals surface area contributed by atoms with Gasteiger partial charge in [0.15, 0.2) is 0 Å². The van der Waals surface area contributed by atoms with E-state index in [1.54, 1.807) is 0 Å². The van der Waals surface area contributed by atoms with E-state index in [-0.39, 0.29) is 16.2 Å². The van der Waals surface area contributed by atoms with Crippen molar-refractivity contribution in [3.63, 3.8) is 0 Å². The van der Waals surface area contributed by atoms with Gasteiger partial charge in [0.2, 0.25) is 0 Å². The molecular formula is C70H64ClN3. The second-order valence-corrected chi connectivity index (χ2v) is 23.3. The Morgan fingerprint density at radius 1 is 0.284 bits per heavy atom. The molecule has 0 bridgehead atoms. The topological polar surface area (TPSA) is 9.72 Å². The van der Waals surface area contributed by atoms with Crippen LogP contribution in [0.5, 0.6) is 0 Å². The summed E-state index contributed by atoms with van der Waals surface area (Å²) >= 11 is 8.19.